The van der Waals surface area contributed by atoms with Gasteiger partial charge in [-0.2, -0.15) is 5.10 Å². The number of Topliss-reactive ketones (excluding diaryl/α,β-unsaturated/α-hetero) is 1. The summed E-state index contributed by atoms with van der Waals surface area (Å²) in [6.45, 7) is 0.458. The van der Waals surface area contributed by atoms with Gasteiger partial charge in [-0.1, -0.05) is 41.9 Å². The van der Waals surface area contributed by atoms with Crippen molar-refractivity contribution in [1.29, 1.82) is 0 Å². The number of aliphatic carboxylic acids is 1. The molecule has 0 aliphatic heterocycles. The number of carboxylic acids is 1. The fourth-order valence-electron chi connectivity index (χ4n) is 6.49. The molecule has 9 heteroatoms. The summed E-state index contributed by atoms with van der Waals surface area (Å²) in [7, 11) is 1.58. The molecule has 0 unspecified atom stereocenters. The molecule has 0 radical (unpaired) electrons. The summed E-state index contributed by atoms with van der Waals surface area (Å²) in [5.74, 6) is -0.814. The number of ketones is 1. The Labute approximate surface area is 236 Å². The maximum absolute atomic E-state index is 13.5. The summed E-state index contributed by atoms with van der Waals surface area (Å²) in [4.78, 5) is 41.0. The number of halogens is 1. The van der Waals surface area contributed by atoms with Crippen LogP contribution < -0.4 is 5.32 Å². The van der Waals surface area contributed by atoms with Gasteiger partial charge in [0.2, 0.25) is 0 Å². The van der Waals surface area contributed by atoms with Gasteiger partial charge in [-0.25, -0.2) is 4.98 Å². The lowest BCUT2D eigenvalue weighted by atomic mass is 9.47. The summed E-state index contributed by atoms with van der Waals surface area (Å²) >= 11 is 6.48. The van der Waals surface area contributed by atoms with Gasteiger partial charge in [-0.15, -0.1) is 0 Å². The van der Waals surface area contributed by atoms with Crippen molar-refractivity contribution in [2.45, 2.75) is 38.6 Å². The Morgan fingerprint density at radius 2 is 1.80 bits per heavy atom. The maximum Gasteiger partial charge on any atom is 0.306 e. The fraction of sp³-hybridized carbons (Fsp3) is 0.323. The molecule has 2 saturated carbocycles. The third-order valence-corrected chi connectivity index (χ3v) is 8.79. The topological polar surface area (TPSA) is 114 Å². The van der Waals surface area contributed by atoms with Crippen LogP contribution in [-0.4, -0.2) is 44.6 Å². The van der Waals surface area contributed by atoms with E-state index < -0.39 is 5.97 Å². The first-order valence-electron chi connectivity index (χ1n) is 13.4. The number of nitrogens with one attached hydrogen (secondary N) is 1. The van der Waals surface area contributed by atoms with E-state index in [-0.39, 0.29) is 28.9 Å². The Hall–Kier alpha value is -4.04. The number of pyridine rings is 1. The third kappa shape index (κ3) is 4.77. The van der Waals surface area contributed by atoms with E-state index in [2.05, 4.69) is 15.4 Å². The zero-order chi connectivity index (χ0) is 28.0. The van der Waals surface area contributed by atoms with Crippen LogP contribution in [0.4, 0.5) is 0 Å². The predicted octanol–water partition coefficient (Wildman–Crippen LogP) is 5.62. The molecule has 0 atom stereocenters. The number of amides is 1. The van der Waals surface area contributed by atoms with Crippen molar-refractivity contribution in [3.05, 3.63) is 82.6 Å². The van der Waals surface area contributed by atoms with E-state index in [1.54, 1.807) is 37.5 Å². The van der Waals surface area contributed by atoms with Gasteiger partial charge in [0.15, 0.2) is 5.78 Å². The number of fused-ring (bicyclic) bond motifs is 1. The second kappa shape index (κ2) is 10.2. The van der Waals surface area contributed by atoms with E-state index in [9.17, 15) is 19.5 Å². The summed E-state index contributed by atoms with van der Waals surface area (Å²) in [5, 5.41) is 17.6. The van der Waals surface area contributed by atoms with E-state index in [0.29, 0.717) is 34.9 Å². The molecule has 40 heavy (non-hydrogen) atoms. The van der Waals surface area contributed by atoms with Crippen LogP contribution in [0.2, 0.25) is 5.02 Å². The molecule has 204 valence electrons. The predicted molar refractivity (Wildman–Crippen MR) is 151 cm³/mol. The van der Waals surface area contributed by atoms with Crippen molar-refractivity contribution in [3.63, 3.8) is 0 Å². The number of aromatic nitrogens is 3. The largest absolute Gasteiger partial charge is 0.481 e. The molecule has 1 amide bonds. The molecule has 1 spiro atoms. The summed E-state index contributed by atoms with van der Waals surface area (Å²) in [6, 6.07) is 16.8. The van der Waals surface area contributed by atoms with Crippen LogP contribution in [-0.2, 0) is 11.3 Å². The second-order valence-corrected chi connectivity index (χ2v) is 11.6. The first-order valence-corrected chi connectivity index (χ1v) is 13.8. The third-order valence-electron chi connectivity index (χ3n) is 8.46. The van der Waals surface area contributed by atoms with E-state index in [4.69, 9.17) is 11.6 Å². The highest BCUT2D eigenvalue weighted by atomic mass is 35.5. The molecule has 8 nitrogen and oxygen atoms in total. The van der Waals surface area contributed by atoms with Gasteiger partial charge >= 0.3 is 5.97 Å². The Balaban J connectivity index is 1.18. The zero-order valence-corrected chi connectivity index (χ0v) is 22.8. The first-order chi connectivity index (χ1) is 19.2. The fourth-order valence-corrected chi connectivity index (χ4v) is 6.69. The smallest absolute Gasteiger partial charge is 0.306 e. The van der Waals surface area contributed by atoms with Crippen molar-refractivity contribution < 1.29 is 19.5 Å². The zero-order valence-electron chi connectivity index (χ0n) is 22.1. The second-order valence-electron chi connectivity index (χ2n) is 11.2. The lowest BCUT2D eigenvalue weighted by molar-refractivity contribution is -0.157. The van der Waals surface area contributed by atoms with E-state index in [1.807, 2.05) is 35.0 Å². The Kier molecular flexibility index (Phi) is 6.66. The molecular formula is C31H29ClN4O4. The van der Waals surface area contributed by atoms with Crippen LogP contribution in [0.1, 0.15) is 58.5 Å². The molecule has 2 aliphatic rings. The van der Waals surface area contributed by atoms with Gasteiger partial charge < -0.3 is 10.4 Å². The molecule has 0 bridgehead atoms. The minimum atomic E-state index is -0.705. The van der Waals surface area contributed by atoms with Gasteiger partial charge in [-0.3, -0.25) is 19.1 Å². The first kappa shape index (κ1) is 26.2. The Morgan fingerprint density at radius 1 is 1.05 bits per heavy atom. The minimum Gasteiger partial charge on any atom is -0.481 e. The molecule has 2 aliphatic carbocycles. The van der Waals surface area contributed by atoms with Gasteiger partial charge in [0.05, 0.1) is 34.9 Å². The summed E-state index contributed by atoms with van der Waals surface area (Å²) < 4.78 is 1.82. The van der Waals surface area contributed by atoms with Gasteiger partial charge in [-0.05, 0) is 66.8 Å². The number of carbonyl (C=O) groups excluding carboxylic acids is 2. The van der Waals surface area contributed by atoms with E-state index in [1.165, 1.54) is 0 Å². The van der Waals surface area contributed by atoms with Crippen molar-refractivity contribution in [2.24, 2.45) is 17.3 Å². The standard InChI is InChI=1S/C31H29ClN4O4/c1-33-29(38)26-4-2-3-25(35-26)20-7-5-18(6-8-20)17-36-28-22(9-10-24(32)23(28)16-34-36)27(37)11-19-12-31(13-19)14-21(15-31)30(39)40/h2-10,16,19,21H,11-15,17H2,1H3,(H,33,38)(H,39,40). The SMILES string of the molecule is CNC(=O)c1cccc(-c2ccc(Cn3ncc4c(Cl)ccc(C(=O)CC5CC6(C5)CC(C(=O)O)C6)c43)cc2)n1. The lowest BCUT2D eigenvalue weighted by Crippen LogP contribution is -2.50. The molecule has 2 aromatic carbocycles. The number of hydrogen-bond acceptors (Lipinski definition) is 5. The van der Waals surface area contributed by atoms with Crippen molar-refractivity contribution in [1.82, 2.24) is 20.1 Å². The number of benzene rings is 2. The average Bonchev–Trinajstić information content (AvgIpc) is 3.33. The van der Waals surface area contributed by atoms with Crippen LogP contribution in [0.25, 0.3) is 22.2 Å². The Morgan fingerprint density at radius 3 is 2.50 bits per heavy atom. The van der Waals surface area contributed by atoms with Gasteiger partial charge in [0.25, 0.3) is 5.91 Å². The molecule has 0 saturated heterocycles. The number of carboxylic acid groups (broad SMARTS) is 1. The summed E-state index contributed by atoms with van der Waals surface area (Å²) in [5.41, 5.74) is 4.42. The molecule has 2 fully saturated rings. The quantitative estimate of drug-likeness (QED) is 0.272. The van der Waals surface area contributed by atoms with Crippen molar-refractivity contribution in [3.8, 4) is 11.3 Å². The number of rotatable bonds is 8. The van der Waals surface area contributed by atoms with Crippen LogP contribution in [0.3, 0.4) is 0 Å². The van der Waals surface area contributed by atoms with Gasteiger partial charge in [0, 0.05) is 30.0 Å². The molecule has 4 aromatic rings. The maximum atomic E-state index is 13.5. The van der Waals surface area contributed by atoms with Crippen molar-refractivity contribution >= 4 is 40.2 Å². The Bertz CT molecular complexity index is 1630. The highest BCUT2D eigenvalue weighted by Crippen LogP contribution is 2.62. The van der Waals surface area contributed by atoms with Crippen LogP contribution in [0, 0.1) is 17.3 Å². The summed E-state index contributed by atoms with van der Waals surface area (Å²) in [6.07, 6.45) is 5.46. The lowest BCUT2D eigenvalue weighted by Gasteiger charge is -2.56. The monoisotopic (exact) mass is 556 g/mol. The average molecular weight is 557 g/mol. The van der Waals surface area contributed by atoms with Crippen molar-refractivity contribution in [2.75, 3.05) is 7.05 Å². The van der Waals surface area contributed by atoms with Crippen LogP contribution >= 0.6 is 11.6 Å². The van der Waals surface area contributed by atoms with E-state index in [0.717, 1.165) is 47.7 Å². The normalized spacial score (nSPS) is 21.6. The van der Waals surface area contributed by atoms with Gasteiger partial charge in [0.1, 0.15) is 5.69 Å². The number of carbonyl (C=O) groups is 3. The molecule has 2 heterocycles. The highest BCUT2D eigenvalue weighted by Gasteiger charge is 2.54. The van der Waals surface area contributed by atoms with Crippen LogP contribution in [0.5, 0.6) is 0 Å². The minimum absolute atomic E-state index is 0.0646. The molecular weight excluding hydrogens is 528 g/mol. The van der Waals surface area contributed by atoms with E-state index >= 15 is 0 Å². The highest BCUT2D eigenvalue weighted by molar-refractivity contribution is 6.36. The molecule has 6 rings (SSSR count). The molecule has 2 aromatic heterocycles. The van der Waals surface area contributed by atoms with Crippen LogP contribution in [0.15, 0.2) is 60.8 Å². The molecule has 2 N–H and O–H groups in total. The number of hydrogen-bond donors (Lipinski definition) is 2. The number of nitrogens with zero attached hydrogens (tertiary/aromatic N) is 3.